The highest BCUT2D eigenvalue weighted by Crippen LogP contribution is 2.34. The van der Waals surface area contributed by atoms with Crippen LogP contribution in [0.2, 0.25) is 0 Å². The fourth-order valence-corrected chi connectivity index (χ4v) is 4.53. The molecule has 0 unspecified atom stereocenters. The van der Waals surface area contributed by atoms with Crippen LogP contribution in [0.1, 0.15) is 5.56 Å². The van der Waals surface area contributed by atoms with Crippen molar-refractivity contribution in [3.05, 3.63) is 60.2 Å². The first kappa shape index (κ1) is 14.1. The van der Waals surface area contributed by atoms with Crippen LogP contribution in [-0.2, 0) is 10.0 Å². The van der Waals surface area contributed by atoms with Crippen molar-refractivity contribution in [2.75, 3.05) is 11.4 Å². The Morgan fingerprint density at radius 2 is 1.67 bits per heavy atom. The van der Waals surface area contributed by atoms with Gasteiger partial charge in [0.05, 0.1) is 4.90 Å². The van der Waals surface area contributed by atoms with Gasteiger partial charge in [0.15, 0.2) is 0 Å². The lowest BCUT2D eigenvalue weighted by molar-refractivity contribution is 0.594. The maximum atomic E-state index is 12.7. The summed E-state index contributed by atoms with van der Waals surface area (Å²) in [5.74, 6) is 0. The molecule has 3 nitrogen and oxygen atoms in total. The van der Waals surface area contributed by atoms with Crippen LogP contribution in [-0.4, -0.2) is 15.5 Å². The van der Waals surface area contributed by atoms with Gasteiger partial charge in [-0.15, -0.1) is 11.3 Å². The van der Waals surface area contributed by atoms with Gasteiger partial charge in [-0.2, -0.15) is 0 Å². The molecule has 2 aromatic carbocycles. The monoisotopic (exact) mass is 317 g/mol. The number of hydrogen-bond donors (Lipinski definition) is 0. The molecular weight excluding hydrogens is 302 g/mol. The molecule has 0 bridgehead atoms. The summed E-state index contributed by atoms with van der Waals surface area (Å²) in [5.41, 5.74) is 1.04. The van der Waals surface area contributed by atoms with Crippen molar-refractivity contribution in [3.63, 3.8) is 0 Å². The highest BCUT2D eigenvalue weighted by atomic mass is 32.2. The molecule has 1 aromatic heterocycles. The minimum atomic E-state index is -3.51. The van der Waals surface area contributed by atoms with Crippen molar-refractivity contribution in [2.24, 2.45) is 0 Å². The fourth-order valence-electron chi connectivity index (χ4n) is 2.11. The van der Waals surface area contributed by atoms with E-state index in [9.17, 15) is 8.42 Å². The number of hydrogen-bond acceptors (Lipinski definition) is 3. The molecule has 3 aromatic rings. The molecule has 3 rings (SSSR count). The summed E-state index contributed by atoms with van der Waals surface area (Å²) in [4.78, 5) is 0.313. The van der Waals surface area contributed by atoms with Crippen molar-refractivity contribution in [1.29, 1.82) is 0 Å². The number of aryl methyl sites for hydroxylation is 1. The van der Waals surface area contributed by atoms with Crippen LogP contribution in [0.3, 0.4) is 0 Å². The Morgan fingerprint density at radius 1 is 1.00 bits per heavy atom. The number of rotatable bonds is 3. The number of thiophene rings is 1. The number of nitrogens with zero attached hydrogens (tertiary/aromatic N) is 1. The topological polar surface area (TPSA) is 37.4 Å². The molecule has 0 fully saturated rings. The van der Waals surface area contributed by atoms with Crippen molar-refractivity contribution in [2.45, 2.75) is 11.8 Å². The van der Waals surface area contributed by atoms with Crippen molar-refractivity contribution >= 4 is 36.4 Å². The number of sulfonamides is 1. The number of anilines is 1. The summed E-state index contributed by atoms with van der Waals surface area (Å²) in [6.45, 7) is 1.94. The van der Waals surface area contributed by atoms with Gasteiger partial charge < -0.3 is 0 Å². The van der Waals surface area contributed by atoms with Gasteiger partial charge in [-0.25, -0.2) is 8.42 Å². The normalized spacial score (nSPS) is 11.7. The zero-order valence-corrected chi connectivity index (χ0v) is 13.4. The first-order valence-corrected chi connectivity index (χ1v) is 8.78. The highest BCUT2D eigenvalue weighted by molar-refractivity contribution is 7.93. The Balaban J connectivity index is 2.03. The first-order valence-electron chi connectivity index (χ1n) is 6.53. The second-order valence-electron chi connectivity index (χ2n) is 4.91. The summed E-state index contributed by atoms with van der Waals surface area (Å²) >= 11 is 1.48. The van der Waals surface area contributed by atoms with E-state index in [0.717, 1.165) is 20.7 Å². The third kappa shape index (κ3) is 2.54. The van der Waals surface area contributed by atoms with E-state index in [-0.39, 0.29) is 0 Å². The van der Waals surface area contributed by atoms with E-state index in [2.05, 4.69) is 0 Å². The first-order chi connectivity index (χ1) is 9.98. The van der Waals surface area contributed by atoms with Crippen LogP contribution < -0.4 is 4.31 Å². The number of benzene rings is 2. The Labute approximate surface area is 128 Å². The van der Waals surface area contributed by atoms with Gasteiger partial charge >= 0.3 is 0 Å². The Morgan fingerprint density at radius 3 is 2.33 bits per heavy atom. The highest BCUT2D eigenvalue weighted by Gasteiger charge is 2.22. The van der Waals surface area contributed by atoms with Crippen molar-refractivity contribution < 1.29 is 8.42 Å². The van der Waals surface area contributed by atoms with Gasteiger partial charge in [0.25, 0.3) is 10.0 Å². The van der Waals surface area contributed by atoms with E-state index in [1.165, 1.54) is 15.6 Å². The SMILES string of the molecule is Cc1ccc(S(=O)(=O)N(C)c2cc3ccccc3s2)cc1. The molecule has 21 heavy (non-hydrogen) atoms. The predicted octanol–water partition coefficient (Wildman–Crippen LogP) is 4.03. The molecule has 0 aliphatic heterocycles. The lowest BCUT2D eigenvalue weighted by atomic mass is 10.2. The van der Waals surface area contributed by atoms with Crippen LogP contribution in [0.5, 0.6) is 0 Å². The minimum Gasteiger partial charge on any atom is -0.260 e. The van der Waals surface area contributed by atoms with Crippen LogP contribution in [0.15, 0.2) is 59.5 Å². The van der Waals surface area contributed by atoms with E-state index in [4.69, 9.17) is 0 Å². The third-order valence-corrected chi connectivity index (χ3v) is 6.50. The predicted molar refractivity (Wildman–Crippen MR) is 88.6 cm³/mol. The lowest BCUT2D eigenvalue weighted by Gasteiger charge is -2.17. The standard InChI is InChI=1S/C16H15NO2S2/c1-12-7-9-14(10-8-12)21(18,19)17(2)16-11-13-5-3-4-6-15(13)20-16/h3-11H,1-2H3. The van der Waals surface area contributed by atoms with Crippen LogP contribution in [0, 0.1) is 6.92 Å². The maximum absolute atomic E-state index is 12.7. The fraction of sp³-hybridized carbons (Fsp3) is 0.125. The molecule has 0 spiro atoms. The van der Waals surface area contributed by atoms with E-state index >= 15 is 0 Å². The molecule has 0 radical (unpaired) electrons. The smallest absolute Gasteiger partial charge is 0.260 e. The molecule has 108 valence electrons. The Kier molecular flexibility index (Phi) is 3.47. The van der Waals surface area contributed by atoms with E-state index in [0.29, 0.717) is 4.90 Å². The molecule has 5 heteroatoms. The molecule has 0 saturated carbocycles. The second kappa shape index (κ2) is 5.16. The molecular formula is C16H15NO2S2. The van der Waals surface area contributed by atoms with E-state index < -0.39 is 10.0 Å². The van der Waals surface area contributed by atoms with Gasteiger partial charge in [0.2, 0.25) is 0 Å². The van der Waals surface area contributed by atoms with Crippen LogP contribution >= 0.6 is 11.3 Å². The average Bonchev–Trinajstić information content (AvgIpc) is 2.90. The molecule has 1 heterocycles. The molecule has 0 N–H and O–H groups in total. The second-order valence-corrected chi connectivity index (χ2v) is 7.94. The Bertz CT molecular complexity index is 847. The molecule has 0 aliphatic carbocycles. The van der Waals surface area contributed by atoms with Gasteiger partial charge in [-0.1, -0.05) is 35.9 Å². The quantitative estimate of drug-likeness (QED) is 0.731. The number of fused-ring (bicyclic) bond motifs is 1. The summed E-state index contributed by atoms with van der Waals surface area (Å²) in [7, 11) is -1.92. The van der Waals surface area contributed by atoms with Crippen molar-refractivity contribution in [3.8, 4) is 0 Å². The molecule has 0 atom stereocenters. The Hall–Kier alpha value is -1.85. The lowest BCUT2D eigenvalue weighted by Crippen LogP contribution is -2.25. The van der Waals surface area contributed by atoms with E-state index in [1.54, 1.807) is 19.2 Å². The summed E-state index contributed by atoms with van der Waals surface area (Å²) in [6.07, 6.45) is 0. The largest absolute Gasteiger partial charge is 0.264 e. The average molecular weight is 317 g/mol. The van der Waals surface area contributed by atoms with Crippen LogP contribution in [0.4, 0.5) is 5.00 Å². The third-order valence-electron chi connectivity index (χ3n) is 3.40. The van der Waals surface area contributed by atoms with E-state index in [1.807, 2.05) is 49.4 Å². The summed E-state index contributed by atoms with van der Waals surface area (Å²) in [5, 5.41) is 1.78. The van der Waals surface area contributed by atoms with Gasteiger partial charge in [0.1, 0.15) is 5.00 Å². The molecule has 0 amide bonds. The summed E-state index contributed by atoms with van der Waals surface area (Å²) < 4.78 is 27.7. The maximum Gasteiger partial charge on any atom is 0.264 e. The van der Waals surface area contributed by atoms with Crippen LogP contribution in [0.25, 0.3) is 10.1 Å². The minimum absolute atomic E-state index is 0.313. The van der Waals surface area contributed by atoms with Crippen molar-refractivity contribution in [1.82, 2.24) is 0 Å². The summed E-state index contributed by atoms with van der Waals surface area (Å²) in [6, 6.07) is 16.7. The zero-order valence-electron chi connectivity index (χ0n) is 11.8. The van der Waals surface area contributed by atoms with Gasteiger partial charge in [0, 0.05) is 11.7 Å². The van der Waals surface area contributed by atoms with Gasteiger partial charge in [-0.05, 0) is 36.6 Å². The van der Waals surface area contributed by atoms with Gasteiger partial charge in [-0.3, -0.25) is 4.31 Å². The zero-order chi connectivity index (χ0) is 15.0. The molecule has 0 saturated heterocycles. The molecule has 0 aliphatic rings.